The molecular weight excluding hydrogens is 250 g/mol. The van der Waals surface area contributed by atoms with Crippen LogP contribution < -0.4 is 5.32 Å². The minimum absolute atomic E-state index is 0.421. The third-order valence-electron chi connectivity index (χ3n) is 3.95. The maximum absolute atomic E-state index is 5.94. The molecule has 20 heavy (non-hydrogen) atoms. The van der Waals surface area contributed by atoms with Gasteiger partial charge in [-0.25, -0.2) is 4.98 Å². The van der Waals surface area contributed by atoms with Crippen LogP contribution in [0.4, 0.5) is 0 Å². The Kier molecular flexibility index (Phi) is 4.03. The van der Waals surface area contributed by atoms with Crippen molar-refractivity contribution in [3.8, 4) is 0 Å². The molecule has 4 heteroatoms. The fourth-order valence-electron chi connectivity index (χ4n) is 2.92. The highest BCUT2D eigenvalue weighted by atomic mass is 16.5. The van der Waals surface area contributed by atoms with Crippen LogP contribution in [0.25, 0.3) is 11.0 Å². The van der Waals surface area contributed by atoms with Gasteiger partial charge >= 0.3 is 0 Å². The van der Waals surface area contributed by atoms with Crippen LogP contribution in [-0.2, 0) is 11.2 Å². The first-order valence-corrected chi connectivity index (χ1v) is 7.50. The zero-order valence-electron chi connectivity index (χ0n) is 12.3. The molecule has 1 aliphatic rings. The van der Waals surface area contributed by atoms with E-state index < -0.39 is 0 Å². The number of benzene rings is 1. The van der Waals surface area contributed by atoms with Crippen molar-refractivity contribution in [1.29, 1.82) is 0 Å². The Morgan fingerprint density at radius 2 is 2.05 bits per heavy atom. The Morgan fingerprint density at radius 3 is 2.85 bits per heavy atom. The average molecular weight is 273 g/mol. The lowest BCUT2D eigenvalue weighted by Gasteiger charge is -2.22. The number of nitrogens with one attached hydrogen (secondary N) is 2. The van der Waals surface area contributed by atoms with Crippen LogP contribution in [0.5, 0.6) is 0 Å². The number of aryl methyl sites for hydroxylation is 2. The molecule has 0 aliphatic carbocycles. The Hall–Kier alpha value is -1.39. The Labute approximate surface area is 119 Å². The number of piperidine rings is 1. The largest absolute Gasteiger partial charge is 0.378 e. The van der Waals surface area contributed by atoms with Gasteiger partial charge in [-0.1, -0.05) is 6.07 Å². The summed E-state index contributed by atoms with van der Waals surface area (Å²) in [5, 5.41) is 3.35. The minimum Gasteiger partial charge on any atom is -0.378 e. The number of ether oxygens (including phenoxy) is 1. The third kappa shape index (κ3) is 3.02. The smallest absolute Gasteiger partial charge is 0.109 e. The highest BCUT2D eigenvalue weighted by Crippen LogP contribution is 2.18. The molecule has 1 aliphatic heterocycles. The summed E-state index contributed by atoms with van der Waals surface area (Å²) < 4.78 is 5.94. The standard InChI is InChI=1S/C16H23N3O/c1-11-9-12(2)16-14(10-11)18-15(19-16)5-8-20-13-3-6-17-7-4-13/h9-10,13,17H,3-8H2,1-2H3,(H,18,19). The van der Waals surface area contributed by atoms with Crippen molar-refractivity contribution >= 4 is 11.0 Å². The zero-order valence-corrected chi connectivity index (χ0v) is 12.3. The summed E-state index contributed by atoms with van der Waals surface area (Å²) in [6.45, 7) is 7.14. The van der Waals surface area contributed by atoms with E-state index in [9.17, 15) is 0 Å². The van der Waals surface area contributed by atoms with Crippen LogP contribution in [0.15, 0.2) is 12.1 Å². The number of hydrogen-bond acceptors (Lipinski definition) is 3. The number of aromatic amines is 1. The predicted molar refractivity (Wildman–Crippen MR) is 81.1 cm³/mol. The van der Waals surface area contributed by atoms with Crippen LogP contribution in [-0.4, -0.2) is 35.8 Å². The molecule has 1 saturated heterocycles. The Bertz CT molecular complexity index is 585. The van der Waals surface area contributed by atoms with Gasteiger partial charge in [-0.15, -0.1) is 0 Å². The van der Waals surface area contributed by atoms with Gasteiger partial charge in [-0.2, -0.15) is 0 Å². The molecule has 3 rings (SSSR count). The lowest BCUT2D eigenvalue weighted by atomic mass is 10.1. The second kappa shape index (κ2) is 5.94. The van der Waals surface area contributed by atoms with E-state index in [2.05, 4.69) is 41.3 Å². The van der Waals surface area contributed by atoms with E-state index in [1.807, 2.05) is 0 Å². The van der Waals surface area contributed by atoms with Gasteiger partial charge in [-0.05, 0) is 57.0 Å². The topological polar surface area (TPSA) is 49.9 Å². The maximum atomic E-state index is 5.94. The molecule has 2 aromatic rings. The van der Waals surface area contributed by atoms with Gasteiger partial charge in [0.05, 0.1) is 23.7 Å². The number of rotatable bonds is 4. The molecule has 108 valence electrons. The minimum atomic E-state index is 0.421. The summed E-state index contributed by atoms with van der Waals surface area (Å²) in [4.78, 5) is 8.10. The van der Waals surface area contributed by atoms with Crippen LogP contribution in [0, 0.1) is 13.8 Å². The van der Waals surface area contributed by atoms with E-state index in [1.165, 1.54) is 11.1 Å². The molecule has 4 nitrogen and oxygen atoms in total. The van der Waals surface area contributed by atoms with Gasteiger partial charge in [0, 0.05) is 6.42 Å². The maximum Gasteiger partial charge on any atom is 0.109 e. The van der Waals surface area contributed by atoms with E-state index in [0.717, 1.165) is 55.8 Å². The van der Waals surface area contributed by atoms with Crippen molar-refractivity contribution in [1.82, 2.24) is 15.3 Å². The fourth-order valence-corrected chi connectivity index (χ4v) is 2.92. The first-order chi connectivity index (χ1) is 9.72. The summed E-state index contributed by atoms with van der Waals surface area (Å²) in [6, 6.07) is 4.34. The highest BCUT2D eigenvalue weighted by molar-refractivity contribution is 5.79. The molecule has 0 amide bonds. The lowest BCUT2D eigenvalue weighted by Crippen LogP contribution is -2.32. The van der Waals surface area contributed by atoms with Crippen molar-refractivity contribution < 1.29 is 4.74 Å². The van der Waals surface area contributed by atoms with Crippen molar-refractivity contribution in [2.45, 2.75) is 39.2 Å². The first-order valence-electron chi connectivity index (χ1n) is 7.50. The number of aromatic nitrogens is 2. The molecule has 0 radical (unpaired) electrons. The van der Waals surface area contributed by atoms with Gasteiger partial charge in [0.2, 0.25) is 0 Å². The number of imidazole rings is 1. The normalized spacial score (nSPS) is 16.9. The summed E-state index contributed by atoms with van der Waals surface area (Å²) in [7, 11) is 0. The van der Waals surface area contributed by atoms with E-state index in [1.54, 1.807) is 0 Å². The van der Waals surface area contributed by atoms with E-state index in [0.29, 0.717) is 6.10 Å². The summed E-state index contributed by atoms with van der Waals surface area (Å²) in [6.07, 6.45) is 3.53. The zero-order chi connectivity index (χ0) is 13.9. The van der Waals surface area contributed by atoms with Crippen molar-refractivity contribution in [2.24, 2.45) is 0 Å². The Balaban J connectivity index is 1.61. The second-order valence-corrected chi connectivity index (χ2v) is 5.73. The van der Waals surface area contributed by atoms with Gasteiger partial charge in [-0.3, -0.25) is 0 Å². The van der Waals surface area contributed by atoms with Crippen molar-refractivity contribution in [3.63, 3.8) is 0 Å². The SMILES string of the molecule is Cc1cc(C)c2nc(CCOC3CCNCC3)[nH]c2c1. The number of nitrogens with zero attached hydrogens (tertiary/aromatic N) is 1. The first kappa shape index (κ1) is 13.6. The third-order valence-corrected chi connectivity index (χ3v) is 3.95. The predicted octanol–water partition coefficient (Wildman–Crippen LogP) is 2.49. The van der Waals surface area contributed by atoms with Gasteiger partial charge in [0.1, 0.15) is 5.82 Å². The molecule has 1 fully saturated rings. The number of fused-ring (bicyclic) bond motifs is 1. The van der Waals surface area contributed by atoms with Crippen molar-refractivity contribution in [2.75, 3.05) is 19.7 Å². The molecule has 0 unspecified atom stereocenters. The van der Waals surface area contributed by atoms with Gasteiger partial charge in [0.15, 0.2) is 0 Å². The van der Waals surface area contributed by atoms with Crippen molar-refractivity contribution in [3.05, 3.63) is 29.1 Å². The van der Waals surface area contributed by atoms with Gasteiger partial charge in [0.25, 0.3) is 0 Å². The fraction of sp³-hybridized carbons (Fsp3) is 0.562. The number of H-pyrrole nitrogens is 1. The Morgan fingerprint density at radius 1 is 1.25 bits per heavy atom. The van der Waals surface area contributed by atoms with E-state index >= 15 is 0 Å². The lowest BCUT2D eigenvalue weighted by molar-refractivity contribution is 0.0343. The van der Waals surface area contributed by atoms with E-state index in [4.69, 9.17) is 4.74 Å². The number of hydrogen-bond donors (Lipinski definition) is 2. The van der Waals surface area contributed by atoms with Gasteiger partial charge < -0.3 is 15.0 Å². The summed E-state index contributed by atoms with van der Waals surface area (Å²) in [5.74, 6) is 1.03. The molecule has 1 aromatic carbocycles. The molecule has 0 bridgehead atoms. The van der Waals surface area contributed by atoms with Crippen LogP contribution in [0.3, 0.4) is 0 Å². The summed E-state index contributed by atoms with van der Waals surface area (Å²) in [5.41, 5.74) is 4.74. The molecule has 2 heterocycles. The quantitative estimate of drug-likeness (QED) is 0.900. The molecule has 0 saturated carbocycles. The molecule has 1 aromatic heterocycles. The monoisotopic (exact) mass is 273 g/mol. The average Bonchev–Trinajstić information content (AvgIpc) is 2.83. The van der Waals surface area contributed by atoms with Crippen LogP contribution in [0.2, 0.25) is 0 Å². The second-order valence-electron chi connectivity index (χ2n) is 5.73. The molecule has 0 atom stereocenters. The van der Waals surface area contributed by atoms with Crippen LogP contribution in [0.1, 0.15) is 29.8 Å². The summed E-state index contributed by atoms with van der Waals surface area (Å²) >= 11 is 0. The molecule has 0 spiro atoms. The van der Waals surface area contributed by atoms with E-state index in [-0.39, 0.29) is 0 Å². The van der Waals surface area contributed by atoms with Crippen LogP contribution >= 0.6 is 0 Å². The highest BCUT2D eigenvalue weighted by Gasteiger charge is 2.13. The molecular formula is C16H23N3O. The molecule has 2 N–H and O–H groups in total.